The molecular formula is C20H18F2N2. The first kappa shape index (κ1) is 15.1. The molecule has 2 heterocycles. The van der Waals surface area contributed by atoms with E-state index in [1.165, 1.54) is 6.07 Å². The number of fused-ring (bicyclic) bond motifs is 2. The minimum atomic E-state index is -0.236. The maximum absolute atomic E-state index is 14.9. The average Bonchev–Trinajstić information content (AvgIpc) is 3.15. The van der Waals surface area contributed by atoms with Crippen LogP contribution in [0.4, 0.5) is 8.78 Å². The highest BCUT2D eigenvalue weighted by atomic mass is 19.1. The van der Waals surface area contributed by atoms with Gasteiger partial charge >= 0.3 is 0 Å². The molecule has 0 fully saturated rings. The first-order valence-electron chi connectivity index (χ1n) is 8.10. The molecule has 0 N–H and O–H groups in total. The number of aromatic nitrogens is 1. The Morgan fingerprint density at radius 2 is 1.92 bits per heavy atom. The predicted molar refractivity (Wildman–Crippen MR) is 93.3 cm³/mol. The summed E-state index contributed by atoms with van der Waals surface area (Å²) >= 11 is 0. The number of hydrogen-bond donors (Lipinski definition) is 0. The number of aryl methyl sites for hydroxylation is 1. The average molecular weight is 324 g/mol. The summed E-state index contributed by atoms with van der Waals surface area (Å²) in [4.78, 5) is 4.18. The summed E-state index contributed by atoms with van der Waals surface area (Å²) in [6.45, 7) is 6.29. The lowest BCUT2D eigenvalue weighted by atomic mass is 10.1. The zero-order chi connectivity index (χ0) is 17.0. The highest BCUT2D eigenvalue weighted by Crippen LogP contribution is 2.34. The van der Waals surface area contributed by atoms with E-state index in [1.807, 2.05) is 16.7 Å². The van der Waals surface area contributed by atoms with Crippen LogP contribution < -0.4 is 0 Å². The van der Waals surface area contributed by atoms with Crippen molar-refractivity contribution in [1.29, 1.82) is 0 Å². The van der Waals surface area contributed by atoms with Crippen LogP contribution in [-0.4, -0.2) is 10.8 Å². The normalized spacial score (nSPS) is 13.2. The lowest BCUT2D eigenvalue weighted by Gasteiger charge is -2.14. The Hall–Kier alpha value is -2.49. The van der Waals surface area contributed by atoms with Crippen LogP contribution in [0.5, 0.6) is 0 Å². The predicted octanol–water partition coefficient (Wildman–Crippen LogP) is 5.27. The molecule has 24 heavy (non-hydrogen) atoms. The van der Waals surface area contributed by atoms with E-state index in [9.17, 15) is 8.78 Å². The van der Waals surface area contributed by atoms with Crippen molar-refractivity contribution in [3.63, 3.8) is 0 Å². The van der Waals surface area contributed by atoms with E-state index in [2.05, 4.69) is 18.8 Å². The molecule has 0 atom stereocenters. The van der Waals surface area contributed by atoms with E-state index >= 15 is 0 Å². The van der Waals surface area contributed by atoms with Crippen LogP contribution in [0.2, 0.25) is 0 Å². The van der Waals surface area contributed by atoms with Crippen molar-refractivity contribution in [1.82, 2.24) is 4.57 Å². The molecule has 1 aromatic heterocycles. The molecule has 2 nitrogen and oxygen atoms in total. The van der Waals surface area contributed by atoms with Crippen molar-refractivity contribution in [3.05, 3.63) is 64.4 Å². The fraction of sp³-hybridized carbons (Fsp3) is 0.250. The van der Waals surface area contributed by atoms with Gasteiger partial charge in [0.15, 0.2) is 0 Å². The summed E-state index contributed by atoms with van der Waals surface area (Å²) in [5, 5.41) is 0.602. The second-order valence-corrected chi connectivity index (χ2v) is 6.65. The zero-order valence-electron chi connectivity index (χ0n) is 13.9. The molecule has 0 saturated carbocycles. The SMILES string of the molecule is Cc1cc(-n2c(C(C)C)cc3c(F)c4c(cc32)C=NC4)ccc1F. The number of benzene rings is 2. The zero-order valence-corrected chi connectivity index (χ0v) is 13.9. The monoisotopic (exact) mass is 324 g/mol. The molecule has 4 rings (SSSR count). The highest BCUT2D eigenvalue weighted by Gasteiger charge is 2.21. The molecule has 122 valence electrons. The Kier molecular flexibility index (Phi) is 3.30. The first-order valence-corrected chi connectivity index (χ1v) is 8.10. The van der Waals surface area contributed by atoms with E-state index in [0.29, 0.717) is 23.1 Å². The molecule has 4 heteroatoms. The third kappa shape index (κ3) is 2.09. The lowest BCUT2D eigenvalue weighted by Crippen LogP contribution is -2.03. The van der Waals surface area contributed by atoms with Crippen LogP contribution in [0.3, 0.4) is 0 Å². The molecule has 0 aliphatic carbocycles. The topological polar surface area (TPSA) is 17.3 Å². The highest BCUT2D eigenvalue weighted by molar-refractivity contribution is 5.94. The van der Waals surface area contributed by atoms with Gasteiger partial charge < -0.3 is 4.57 Å². The number of rotatable bonds is 2. The molecular weight excluding hydrogens is 306 g/mol. The van der Waals surface area contributed by atoms with Gasteiger partial charge in [-0.15, -0.1) is 0 Å². The molecule has 1 aliphatic rings. The van der Waals surface area contributed by atoms with Crippen molar-refractivity contribution in [3.8, 4) is 5.69 Å². The van der Waals surface area contributed by atoms with Crippen molar-refractivity contribution < 1.29 is 8.78 Å². The standard InChI is InChI=1S/C20H18F2N2/c1-11(2)18-8-15-19(7-13-9-23-10-16(13)20(15)22)24(18)14-4-5-17(21)12(3)6-14/h4-9,11H,10H2,1-3H3. The van der Waals surface area contributed by atoms with Gasteiger partial charge in [-0.25, -0.2) is 8.78 Å². The molecule has 0 unspecified atom stereocenters. The number of halogens is 2. The van der Waals surface area contributed by atoms with E-state index in [4.69, 9.17) is 0 Å². The molecule has 0 bridgehead atoms. The molecule has 3 aromatic rings. The largest absolute Gasteiger partial charge is 0.313 e. The maximum Gasteiger partial charge on any atom is 0.138 e. The third-order valence-corrected chi connectivity index (χ3v) is 4.68. The second kappa shape index (κ2) is 5.26. The third-order valence-electron chi connectivity index (χ3n) is 4.68. The van der Waals surface area contributed by atoms with Crippen LogP contribution in [0.25, 0.3) is 16.6 Å². The van der Waals surface area contributed by atoms with Gasteiger partial charge in [-0.3, -0.25) is 4.99 Å². The Morgan fingerprint density at radius 3 is 2.62 bits per heavy atom. The fourth-order valence-electron chi connectivity index (χ4n) is 3.38. The van der Waals surface area contributed by atoms with Crippen LogP contribution in [-0.2, 0) is 6.54 Å². The number of aliphatic imine (C=N–C) groups is 1. The molecule has 0 spiro atoms. The van der Waals surface area contributed by atoms with Crippen LogP contribution in [0.1, 0.15) is 42.1 Å². The molecule has 0 amide bonds. The Morgan fingerprint density at radius 1 is 1.12 bits per heavy atom. The van der Waals surface area contributed by atoms with Gasteiger partial charge in [0.25, 0.3) is 0 Å². The van der Waals surface area contributed by atoms with Crippen LogP contribution in [0.15, 0.2) is 35.3 Å². The van der Waals surface area contributed by atoms with E-state index < -0.39 is 0 Å². The van der Waals surface area contributed by atoms with E-state index in [-0.39, 0.29) is 17.6 Å². The van der Waals surface area contributed by atoms with Crippen molar-refractivity contribution in [2.24, 2.45) is 4.99 Å². The summed E-state index contributed by atoms with van der Waals surface area (Å²) < 4.78 is 30.6. The minimum absolute atomic E-state index is 0.195. The van der Waals surface area contributed by atoms with Gasteiger partial charge in [0, 0.05) is 34.1 Å². The lowest BCUT2D eigenvalue weighted by molar-refractivity contribution is 0.618. The smallest absolute Gasteiger partial charge is 0.138 e. The Labute approximate surface area is 139 Å². The fourth-order valence-corrected chi connectivity index (χ4v) is 3.38. The summed E-state index contributed by atoms with van der Waals surface area (Å²) in [6.07, 6.45) is 1.72. The number of nitrogens with zero attached hydrogens (tertiary/aromatic N) is 2. The quantitative estimate of drug-likeness (QED) is 0.611. The molecule has 2 aromatic carbocycles. The van der Waals surface area contributed by atoms with Crippen molar-refractivity contribution >= 4 is 17.1 Å². The molecule has 0 radical (unpaired) electrons. The van der Waals surface area contributed by atoms with Gasteiger partial charge in [-0.05, 0) is 48.7 Å². The van der Waals surface area contributed by atoms with Gasteiger partial charge in [-0.2, -0.15) is 0 Å². The first-order chi connectivity index (χ1) is 11.5. The van der Waals surface area contributed by atoms with Crippen molar-refractivity contribution in [2.75, 3.05) is 0 Å². The van der Waals surface area contributed by atoms with Crippen molar-refractivity contribution in [2.45, 2.75) is 33.2 Å². The van der Waals surface area contributed by atoms with E-state index in [0.717, 1.165) is 22.5 Å². The summed E-state index contributed by atoms with van der Waals surface area (Å²) in [6, 6.07) is 8.90. The maximum atomic E-state index is 14.9. The second-order valence-electron chi connectivity index (χ2n) is 6.65. The molecule has 1 aliphatic heterocycles. The summed E-state index contributed by atoms with van der Waals surface area (Å²) in [5.74, 6) is -0.217. The minimum Gasteiger partial charge on any atom is -0.313 e. The molecule has 0 saturated heterocycles. The van der Waals surface area contributed by atoms with Gasteiger partial charge in [0.05, 0.1) is 12.1 Å². The van der Waals surface area contributed by atoms with Gasteiger partial charge in [-0.1, -0.05) is 13.8 Å². The Balaban J connectivity index is 2.09. The number of hydrogen-bond acceptors (Lipinski definition) is 1. The summed E-state index contributed by atoms with van der Waals surface area (Å²) in [7, 11) is 0. The van der Waals surface area contributed by atoms with Crippen LogP contribution in [0, 0.1) is 18.6 Å². The Bertz CT molecular complexity index is 997. The van der Waals surface area contributed by atoms with E-state index in [1.54, 1.807) is 25.3 Å². The van der Waals surface area contributed by atoms with Gasteiger partial charge in [0.1, 0.15) is 11.6 Å². The summed E-state index contributed by atoms with van der Waals surface area (Å²) in [5.41, 5.74) is 4.72. The van der Waals surface area contributed by atoms with Crippen LogP contribution >= 0.6 is 0 Å². The van der Waals surface area contributed by atoms with Gasteiger partial charge in [0.2, 0.25) is 0 Å².